The molecule has 0 aromatic heterocycles. The molecule has 1 amide bonds. The molecule has 0 aliphatic carbocycles. The second-order valence-electron chi connectivity index (χ2n) is 5.47. The van der Waals surface area contributed by atoms with Gasteiger partial charge in [0.1, 0.15) is 11.5 Å². The minimum Gasteiger partial charge on any atom is -0.507 e. The fourth-order valence-electron chi connectivity index (χ4n) is 2.58. The summed E-state index contributed by atoms with van der Waals surface area (Å²) in [7, 11) is 1.56. The number of fused-ring (bicyclic) bond motifs is 1. The van der Waals surface area contributed by atoms with Crippen LogP contribution in [0.4, 0.5) is 5.69 Å². The third-order valence-corrected chi connectivity index (χ3v) is 4.15. The summed E-state index contributed by atoms with van der Waals surface area (Å²) in [6.07, 6.45) is 0. The van der Waals surface area contributed by atoms with Crippen molar-refractivity contribution in [3.8, 4) is 11.5 Å². The number of aromatic hydroxyl groups is 1. The molecular formula is C19H16ClKNO3. The summed E-state index contributed by atoms with van der Waals surface area (Å²) in [5, 5.41) is 15.0. The van der Waals surface area contributed by atoms with Gasteiger partial charge in [0.05, 0.1) is 23.4 Å². The van der Waals surface area contributed by atoms with Crippen molar-refractivity contribution >= 4 is 85.4 Å². The Morgan fingerprint density at radius 3 is 2.40 bits per heavy atom. The van der Waals surface area contributed by atoms with Crippen LogP contribution in [0.1, 0.15) is 15.9 Å². The van der Waals surface area contributed by atoms with Crippen LogP contribution < -0.4 is 10.1 Å². The van der Waals surface area contributed by atoms with Gasteiger partial charge in [-0.1, -0.05) is 35.9 Å². The maximum atomic E-state index is 12.5. The summed E-state index contributed by atoms with van der Waals surface area (Å²) in [6, 6.07) is 14.1. The van der Waals surface area contributed by atoms with Gasteiger partial charge in [0, 0.05) is 57.5 Å². The molecule has 4 nitrogen and oxygen atoms in total. The quantitative estimate of drug-likeness (QED) is 0.662. The van der Waals surface area contributed by atoms with Gasteiger partial charge in [0.2, 0.25) is 0 Å². The number of methoxy groups -OCH3 is 1. The van der Waals surface area contributed by atoms with Gasteiger partial charge in [-0.3, -0.25) is 4.79 Å². The molecule has 25 heavy (non-hydrogen) atoms. The van der Waals surface area contributed by atoms with Crippen LogP contribution in [0.5, 0.6) is 11.5 Å². The Bertz CT molecular complexity index is 943. The summed E-state index contributed by atoms with van der Waals surface area (Å²) >= 11 is 6.19. The zero-order valence-corrected chi connectivity index (χ0v) is 18.1. The second-order valence-corrected chi connectivity index (χ2v) is 5.88. The molecule has 123 valence electrons. The predicted molar refractivity (Wildman–Crippen MR) is 102 cm³/mol. The van der Waals surface area contributed by atoms with Crippen LogP contribution in [0.25, 0.3) is 10.8 Å². The molecule has 0 heterocycles. The molecule has 0 aliphatic heterocycles. The Hall–Kier alpha value is -1.08. The molecule has 0 unspecified atom stereocenters. The van der Waals surface area contributed by atoms with Crippen LogP contribution in [0, 0.1) is 6.92 Å². The van der Waals surface area contributed by atoms with Crippen molar-refractivity contribution in [2.24, 2.45) is 0 Å². The molecule has 0 saturated heterocycles. The van der Waals surface area contributed by atoms with E-state index in [0.717, 1.165) is 16.3 Å². The van der Waals surface area contributed by atoms with E-state index in [0.29, 0.717) is 16.5 Å². The number of aryl methyl sites for hydroxylation is 1. The number of carbonyl (C=O) groups excluding carboxylic acids is 1. The number of hydrogen-bond acceptors (Lipinski definition) is 3. The topological polar surface area (TPSA) is 58.6 Å². The van der Waals surface area contributed by atoms with Crippen LogP contribution >= 0.6 is 11.6 Å². The van der Waals surface area contributed by atoms with E-state index < -0.39 is 5.91 Å². The fraction of sp³-hybridized carbons (Fsp3) is 0.105. The first-order valence-electron chi connectivity index (χ1n) is 7.37. The summed E-state index contributed by atoms with van der Waals surface area (Å²) in [5.41, 5.74) is 1.51. The Labute approximate surface area is 193 Å². The first-order valence-corrected chi connectivity index (χ1v) is 7.74. The Balaban J connectivity index is 0.00000225. The summed E-state index contributed by atoms with van der Waals surface area (Å²) in [6.45, 7) is 1.86. The predicted octanol–water partition coefficient (Wildman–Crippen LogP) is 4.39. The van der Waals surface area contributed by atoms with E-state index in [1.165, 1.54) is 0 Å². The maximum Gasteiger partial charge on any atom is 0.259 e. The van der Waals surface area contributed by atoms with E-state index >= 15 is 0 Å². The minimum absolute atomic E-state index is 0. The van der Waals surface area contributed by atoms with Crippen molar-refractivity contribution in [3.05, 3.63) is 64.7 Å². The van der Waals surface area contributed by atoms with Crippen LogP contribution in [-0.4, -0.2) is 69.5 Å². The van der Waals surface area contributed by atoms with E-state index in [9.17, 15) is 9.90 Å². The van der Waals surface area contributed by atoms with Gasteiger partial charge < -0.3 is 15.2 Å². The van der Waals surface area contributed by atoms with E-state index in [1.807, 2.05) is 31.2 Å². The van der Waals surface area contributed by atoms with Gasteiger partial charge >= 0.3 is 0 Å². The third kappa shape index (κ3) is 4.37. The average Bonchev–Trinajstić information content (AvgIpc) is 2.57. The first-order chi connectivity index (χ1) is 11.5. The van der Waals surface area contributed by atoms with E-state index in [1.54, 1.807) is 31.4 Å². The summed E-state index contributed by atoms with van der Waals surface area (Å²) in [4.78, 5) is 12.5. The van der Waals surface area contributed by atoms with Crippen LogP contribution in [-0.2, 0) is 0 Å². The Morgan fingerprint density at radius 2 is 1.76 bits per heavy atom. The molecule has 3 aromatic rings. The molecule has 0 aliphatic rings. The number of rotatable bonds is 3. The van der Waals surface area contributed by atoms with Crippen LogP contribution in [0.2, 0.25) is 5.02 Å². The number of benzene rings is 3. The molecule has 3 rings (SSSR count). The summed E-state index contributed by atoms with van der Waals surface area (Å²) in [5.74, 6) is 0.142. The second kappa shape index (κ2) is 8.53. The van der Waals surface area contributed by atoms with Crippen molar-refractivity contribution in [3.63, 3.8) is 0 Å². The maximum absolute atomic E-state index is 12.5. The molecule has 0 atom stereocenters. The number of carbonyl (C=O) groups is 1. The molecule has 0 spiro atoms. The Morgan fingerprint density at radius 1 is 1.12 bits per heavy atom. The number of hydrogen-bond donors (Lipinski definition) is 2. The van der Waals surface area contributed by atoms with Gasteiger partial charge in [-0.05, 0) is 41.5 Å². The zero-order valence-electron chi connectivity index (χ0n) is 14.3. The molecule has 6 heteroatoms. The van der Waals surface area contributed by atoms with Crippen molar-refractivity contribution < 1.29 is 14.6 Å². The van der Waals surface area contributed by atoms with Crippen LogP contribution in [0.15, 0.2) is 48.5 Å². The fourth-order valence-corrected chi connectivity index (χ4v) is 2.78. The average molecular weight is 381 g/mol. The number of phenolic OH excluding ortho intramolecular Hbond substituents is 1. The Kier molecular flexibility index (Phi) is 6.91. The molecular weight excluding hydrogens is 365 g/mol. The molecule has 2 N–H and O–H groups in total. The van der Waals surface area contributed by atoms with Crippen molar-refractivity contribution in [2.45, 2.75) is 6.92 Å². The number of halogens is 1. The van der Waals surface area contributed by atoms with E-state index in [2.05, 4.69) is 5.32 Å². The number of phenols is 1. The normalized spacial score (nSPS) is 10.2. The van der Waals surface area contributed by atoms with Gasteiger partial charge in [-0.15, -0.1) is 0 Å². The molecule has 3 aromatic carbocycles. The molecule has 0 saturated carbocycles. The van der Waals surface area contributed by atoms with Gasteiger partial charge in [-0.2, -0.15) is 0 Å². The smallest absolute Gasteiger partial charge is 0.259 e. The number of ether oxygens (including phenoxy) is 1. The standard InChI is InChI=1S/C19H16ClNO3.K/c1-11-7-16(15(20)10-18(11)24-2)21-19(23)14-8-12-5-3-4-6-13(12)9-17(14)22;/h3-10,22H,1-2H3,(H,21,23);. The number of amides is 1. The molecule has 0 bridgehead atoms. The van der Waals surface area contributed by atoms with E-state index in [4.69, 9.17) is 16.3 Å². The number of anilines is 1. The largest absolute Gasteiger partial charge is 0.507 e. The molecule has 1 radical (unpaired) electrons. The summed E-state index contributed by atoms with van der Waals surface area (Å²) < 4.78 is 5.20. The van der Waals surface area contributed by atoms with Crippen molar-refractivity contribution in [1.29, 1.82) is 0 Å². The SMILES string of the molecule is COc1cc(Cl)c(NC(=O)c2cc3ccccc3cc2O)cc1C.[K]. The van der Waals surface area contributed by atoms with Gasteiger partial charge in [-0.25, -0.2) is 0 Å². The number of nitrogens with one attached hydrogen (secondary N) is 1. The zero-order chi connectivity index (χ0) is 17.3. The van der Waals surface area contributed by atoms with Crippen LogP contribution in [0.3, 0.4) is 0 Å². The van der Waals surface area contributed by atoms with Crippen molar-refractivity contribution in [2.75, 3.05) is 12.4 Å². The van der Waals surface area contributed by atoms with Crippen molar-refractivity contribution in [1.82, 2.24) is 0 Å². The first kappa shape index (κ1) is 20.2. The van der Waals surface area contributed by atoms with Gasteiger partial charge in [0.25, 0.3) is 5.91 Å². The van der Waals surface area contributed by atoms with Gasteiger partial charge in [0.15, 0.2) is 0 Å². The third-order valence-electron chi connectivity index (χ3n) is 3.84. The van der Waals surface area contributed by atoms with E-state index in [-0.39, 0.29) is 62.7 Å². The monoisotopic (exact) mass is 380 g/mol. The molecule has 0 fully saturated rings. The minimum atomic E-state index is -0.426.